The van der Waals surface area contributed by atoms with E-state index in [-0.39, 0.29) is 19.5 Å². The molecule has 0 aliphatic carbocycles. The Bertz CT molecular complexity index is 140. The zero-order chi connectivity index (χ0) is 9.94. The second-order valence-corrected chi connectivity index (χ2v) is 2.84. The van der Waals surface area contributed by atoms with E-state index in [4.69, 9.17) is 0 Å². The van der Waals surface area contributed by atoms with Crippen LogP contribution in [0.3, 0.4) is 0 Å². The van der Waals surface area contributed by atoms with Crippen LogP contribution in [0.4, 0.5) is 0 Å². The van der Waals surface area contributed by atoms with E-state index < -0.39 is 0 Å². The molecule has 0 aliphatic rings. The summed E-state index contributed by atoms with van der Waals surface area (Å²) < 4.78 is 0. The van der Waals surface area contributed by atoms with E-state index in [2.05, 4.69) is 25.7 Å². The van der Waals surface area contributed by atoms with Gasteiger partial charge in [0.1, 0.15) is 0 Å². The minimum absolute atomic E-state index is 0. The second kappa shape index (κ2) is 12.9. The zero-order valence-corrected chi connectivity index (χ0v) is 11.0. The monoisotopic (exact) mass is 281 g/mol. The van der Waals surface area contributed by atoms with E-state index in [1.165, 1.54) is 0 Å². The van der Waals surface area contributed by atoms with E-state index in [1.807, 2.05) is 30.3 Å². The summed E-state index contributed by atoms with van der Waals surface area (Å²) in [6, 6.07) is 10.0. The fourth-order valence-electron chi connectivity index (χ4n) is 1.08. The van der Waals surface area contributed by atoms with Crippen molar-refractivity contribution in [3.05, 3.63) is 37.3 Å². The molecule has 1 aromatic carbocycles. The molecule has 0 saturated heterocycles. The van der Waals surface area contributed by atoms with Crippen molar-refractivity contribution < 1.29 is 19.5 Å². The first-order valence-electron chi connectivity index (χ1n) is 5.03. The van der Waals surface area contributed by atoms with Crippen LogP contribution >= 0.6 is 0 Å². The zero-order valence-electron chi connectivity index (χ0n) is 9.22. The van der Waals surface area contributed by atoms with Crippen molar-refractivity contribution in [1.29, 1.82) is 0 Å². The van der Waals surface area contributed by atoms with Gasteiger partial charge in [0.2, 0.25) is 0 Å². The summed E-state index contributed by atoms with van der Waals surface area (Å²) in [7, 11) is 0. The molecule has 0 saturated carbocycles. The molecule has 0 amide bonds. The van der Waals surface area contributed by atoms with Crippen molar-refractivity contribution in [2.24, 2.45) is 0 Å². The number of hydrogen-bond donors (Lipinski definition) is 0. The second-order valence-electron chi connectivity index (χ2n) is 2.84. The molecule has 1 aromatic rings. The van der Waals surface area contributed by atoms with Crippen molar-refractivity contribution in [2.75, 3.05) is 19.6 Å². The molecule has 2 heteroatoms. The molecule has 0 aliphatic heterocycles. The molecule has 0 aromatic heterocycles. The molecule has 0 bridgehead atoms. The van der Waals surface area contributed by atoms with E-state index in [0.29, 0.717) is 0 Å². The number of hydrogen-bond acceptors (Lipinski definition) is 1. The molecule has 0 radical (unpaired) electrons. The molecule has 0 heterocycles. The van der Waals surface area contributed by atoms with Gasteiger partial charge in [-0.15, -0.1) is 0 Å². The van der Waals surface area contributed by atoms with Gasteiger partial charge in [0.25, 0.3) is 0 Å². The smallest absolute Gasteiger partial charge is 0.342 e. The van der Waals surface area contributed by atoms with Gasteiger partial charge < -0.3 is 11.8 Å². The maximum absolute atomic E-state index is 3.78. The van der Waals surface area contributed by atoms with Crippen LogP contribution in [0.25, 0.3) is 0 Å². The van der Waals surface area contributed by atoms with E-state index >= 15 is 0 Å². The SMILES string of the molecule is [CH2-]CCN(CC)CC.[Ru+2].c1cc[cH-]c1. The fraction of sp³-hybridized carbons (Fsp3) is 0.500. The van der Waals surface area contributed by atoms with Gasteiger partial charge in [-0.3, -0.25) is 0 Å². The predicted octanol–water partition coefficient (Wildman–Crippen LogP) is 2.96. The summed E-state index contributed by atoms with van der Waals surface area (Å²) in [4.78, 5) is 2.37. The third-order valence-corrected chi connectivity index (χ3v) is 1.92. The van der Waals surface area contributed by atoms with Gasteiger partial charge in [0.05, 0.1) is 0 Å². The third kappa shape index (κ3) is 10.0. The van der Waals surface area contributed by atoms with Crippen LogP contribution in [0.5, 0.6) is 0 Å². The number of nitrogens with zero attached hydrogens (tertiary/aromatic N) is 1. The summed E-state index contributed by atoms with van der Waals surface area (Å²) in [6.07, 6.45) is 1.03. The van der Waals surface area contributed by atoms with Gasteiger partial charge in [-0.1, -0.05) is 13.8 Å². The fourth-order valence-corrected chi connectivity index (χ4v) is 1.08. The maximum atomic E-state index is 3.78. The molecule has 0 atom stereocenters. The van der Waals surface area contributed by atoms with Gasteiger partial charge in [-0.05, 0) is 19.6 Å². The summed E-state index contributed by atoms with van der Waals surface area (Å²) in [5, 5.41) is 0. The Kier molecular flexibility index (Phi) is 15.1. The Balaban J connectivity index is 0. The van der Waals surface area contributed by atoms with Crippen LogP contribution in [0.1, 0.15) is 20.3 Å². The average Bonchev–Trinajstić information content (AvgIpc) is 2.72. The molecule has 1 rings (SSSR count). The van der Waals surface area contributed by atoms with Crippen LogP contribution in [-0.4, -0.2) is 24.5 Å². The normalized spacial score (nSPS) is 8.86. The van der Waals surface area contributed by atoms with Crippen molar-refractivity contribution >= 4 is 0 Å². The molecule has 1 nitrogen and oxygen atoms in total. The van der Waals surface area contributed by atoms with Crippen LogP contribution < -0.4 is 0 Å². The minimum Gasteiger partial charge on any atom is -0.342 e. The van der Waals surface area contributed by atoms with Gasteiger partial charge >= 0.3 is 19.5 Å². The molecule has 0 fully saturated rings. The Morgan fingerprint density at radius 1 is 1.14 bits per heavy atom. The molecular formula is C12H21NRu. The Morgan fingerprint density at radius 2 is 1.64 bits per heavy atom. The first kappa shape index (κ1) is 16.4. The van der Waals surface area contributed by atoms with Crippen molar-refractivity contribution in [3.63, 3.8) is 0 Å². The summed E-state index contributed by atoms with van der Waals surface area (Å²) >= 11 is 0. The van der Waals surface area contributed by atoms with Gasteiger partial charge in [-0.2, -0.15) is 24.6 Å². The Labute approximate surface area is 102 Å². The van der Waals surface area contributed by atoms with Crippen molar-refractivity contribution in [1.82, 2.24) is 4.90 Å². The molecule has 14 heavy (non-hydrogen) atoms. The Hall–Kier alpha value is -0.0666. The summed E-state index contributed by atoms with van der Waals surface area (Å²) in [5.74, 6) is 0. The predicted molar refractivity (Wildman–Crippen MR) is 59.8 cm³/mol. The van der Waals surface area contributed by atoms with Crippen LogP contribution in [-0.2, 0) is 19.5 Å². The molecule has 82 valence electrons. The summed E-state index contributed by atoms with van der Waals surface area (Å²) in [6.45, 7) is 11.6. The first-order valence-corrected chi connectivity index (χ1v) is 5.03. The van der Waals surface area contributed by atoms with E-state index in [0.717, 1.165) is 26.1 Å². The molecule has 0 unspecified atom stereocenters. The average molecular weight is 280 g/mol. The first-order chi connectivity index (χ1) is 6.35. The molecular weight excluding hydrogens is 259 g/mol. The van der Waals surface area contributed by atoms with Crippen LogP contribution in [0.2, 0.25) is 0 Å². The molecule has 0 spiro atoms. The van der Waals surface area contributed by atoms with Crippen molar-refractivity contribution in [2.45, 2.75) is 20.3 Å². The minimum atomic E-state index is 0. The van der Waals surface area contributed by atoms with E-state index in [9.17, 15) is 0 Å². The topological polar surface area (TPSA) is 3.24 Å². The van der Waals surface area contributed by atoms with Gasteiger partial charge in [0, 0.05) is 0 Å². The summed E-state index contributed by atoms with van der Waals surface area (Å²) in [5.41, 5.74) is 0. The van der Waals surface area contributed by atoms with Crippen molar-refractivity contribution in [3.8, 4) is 0 Å². The van der Waals surface area contributed by atoms with Gasteiger partial charge in [-0.25, -0.2) is 12.1 Å². The van der Waals surface area contributed by atoms with Crippen LogP contribution in [0, 0.1) is 6.92 Å². The largest absolute Gasteiger partial charge is 2.00 e. The standard InChI is InChI=1S/C7H16N.C5H5.Ru/c1-4-7-8(5-2)6-3;1-2-4-5-3-1;/h1,4-7H2,2-3H3;1-5H;/q2*-1;+2. The third-order valence-electron chi connectivity index (χ3n) is 1.92. The molecule has 0 N–H and O–H groups in total. The Morgan fingerprint density at radius 3 is 1.79 bits per heavy atom. The number of rotatable bonds is 4. The van der Waals surface area contributed by atoms with E-state index in [1.54, 1.807) is 0 Å². The van der Waals surface area contributed by atoms with Crippen LogP contribution in [0.15, 0.2) is 30.3 Å². The van der Waals surface area contributed by atoms with Gasteiger partial charge in [0.15, 0.2) is 0 Å². The quantitative estimate of drug-likeness (QED) is 0.605. The maximum Gasteiger partial charge on any atom is 2.00 e.